The molecule has 0 aliphatic carbocycles. The van der Waals surface area contributed by atoms with Gasteiger partial charge >= 0.3 is 0 Å². The average molecular weight is 260 g/mol. The molecule has 94 valence electrons. The van der Waals surface area contributed by atoms with E-state index in [-0.39, 0.29) is 0 Å². The van der Waals surface area contributed by atoms with Crippen molar-refractivity contribution in [3.63, 3.8) is 0 Å². The lowest BCUT2D eigenvalue weighted by molar-refractivity contribution is 0.220. The number of hydrogen-bond acceptors (Lipinski definition) is 4. The van der Waals surface area contributed by atoms with Crippen molar-refractivity contribution in [2.24, 2.45) is 0 Å². The van der Waals surface area contributed by atoms with E-state index in [9.17, 15) is 5.11 Å². The zero-order chi connectivity index (χ0) is 13.0. The summed E-state index contributed by atoms with van der Waals surface area (Å²) in [5.74, 6) is 1.04. The highest BCUT2D eigenvalue weighted by molar-refractivity contribution is 7.99. The van der Waals surface area contributed by atoms with Gasteiger partial charge in [0, 0.05) is 28.5 Å². The number of rotatable bonds is 4. The third-order valence-electron chi connectivity index (χ3n) is 2.69. The highest BCUT2D eigenvalue weighted by atomic mass is 32.2. The minimum Gasteiger partial charge on any atom is -0.398 e. The van der Waals surface area contributed by atoms with Crippen molar-refractivity contribution in [2.45, 2.75) is 17.9 Å². The normalized spacial score (nSPS) is 12.3. The van der Waals surface area contributed by atoms with E-state index < -0.39 is 6.10 Å². The number of aliphatic hydroxyl groups excluding tert-OH is 1. The number of thioether (sulfide) groups is 1. The smallest absolute Gasteiger partial charge is 0.108 e. The monoisotopic (exact) mass is 260 g/mol. The van der Waals surface area contributed by atoms with Gasteiger partial charge in [0.1, 0.15) is 6.10 Å². The van der Waals surface area contributed by atoms with Crippen molar-refractivity contribution in [1.82, 2.24) is 4.98 Å². The minimum atomic E-state index is -0.723. The molecule has 18 heavy (non-hydrogen) atoms. The number of anilines is 1. The van der Waals surface area contributed by atoms with Crippen molar-refractivity contribution >= 4 is 17.4 Å². The average Bonchev–Trinajstić information content (AvgIpc) is 2.40. The van der Waals surface area contributed by atoms with Crippen LogP contribution in [0.1, 0.15) is 24.2 Å². The summed E-state index contributed by atoms with van der Waals surface area (Å²) in [6, 6.07) is 9.57. The Kier molecular flexibility index (Phi) is 4.23. The largest absolute Gasteiger partial charge is 0.398 e. The number of nitrogens with zero attached hydrogens (tertiary/aromatic N) is 1. The van der Waals surface area contributed by atoms with Gasteiger partial charge in [0.15, 0.2) is 0 Å². The molecule has 1 aromatic carbocycles. The molecular weight excluding hydrogens is 244 g/mol. The van der Waals surface area contributed by atoms with E-state index >= 15 is 0 Å². The SMILES string of the molecule is CCSc1ccc(C(O)c2cnccc2N)cc1. The Morgan fingerprint density at radius 1 is 1.28 bits per heavy atom. The number of aliphatic hydroxyl groups is 1. The van der Waals surface area contributed by atoms with E-state index in [1.54, 1.807) is 30.2 Å². The summed E-state index contributed by atoms with van der Waals surface area (Å²) in [6.45, 7) is 2.11. The van der Waals surface area contributed by atoms with Crippen LogP contribution in [0.25, 0.3) is 0 Å². The fraction of sp³-hybridized carbons (Fsp3) is 0.214. The zero-order valence-electron chi connectivity index (χ0n) is 10.2. The predicted octanol–water partition coefficient (Wildman–Crippen LogP) is 2.86. The summed E-state index contributed by atoms with van der Waals surface area (Å²) in [5.41, 5.74) is 7.87. The Morgan fingerprint density at radius 3 is 2.61 bits per heavy atom. The Balaban J connectivity index is 2.23. The Bertz CT molecular complexity index is 513. The molecule has 0 radical (unpaired) electrons. The summed E-state index contributed by atoms with van der Waals surface area (Å²) in [4.78, 5) is 5.20. The van der Waals surface area contributed by atoms with Crippen LogP contribution >= 0.6 is 11.8 Å². The van der Waals surface area contributed by atoms with Gasteiger partial charge in [-0.2, -0.15) is 0 Å². The second-order valence-electron chi connectivity index (χ2n) is 3.91. The molecule has 3 N–H and O–H groups in total. The van der Waals surface area contributed by atoms with Crippen LogP contribution in [0.3, 0.4) is 0 Å². The van der Waals surface area contributed by atoms with Gasteiger partial charge < -0.3 is 10.8 Å². The van der Waals surface area contributed by atoms with Crippen LogP contribution in [0.5, 0.6) is 0 Å². The van der Waals surface area contributed by atoms with Gasteiger partial charge in [0.05, 0.1) is 0 Å². The lowest BCUT2D eigenvalue weighted by Gasteiger charge is -2.13. The van der Waals surface area contributed by atoms with Gasteiger partial charge in [-0.05, 0) is 29.5 Å². The Morgan fingerprint density at radius 2 is 2.00 bits per heavy atom. The fourth-order valence-electron chi connectivity index (χ4n) is 1.74. The van der Waals surface area contributed by atoms with E-state index in [2.05, 4.69) is 11.9 Å². The van der Waals surface area contributed by atoms with Gasteiger partial charge in [0.25, 0.3) is 0 Å². The van der Waals surface area contributed by atoms with Crippen LogP contribution in [0.2, 0.25) is 0 Å². The molecule has 3 nitrogen and oxygen atoms in total. The predicted molar refractivity (Wildman–Crippen MR) is 75.6 cm³/mol. The number of nitrogen functional groups attached to an aromatic ring is 1. The molecule has 1 atom stereocenters. The zero-order valence-corrected chi connectivity index (χ0v) is 11.0. The molecule has 0 aliphatic heterocycles. The molecule has 0 bridgehead atoms. The van der Waals surface area contributed by atoms with Gasteiger partial charge in [-0.3, -0.25) is 4.98 Å². The molecule has 0 spiro atoms. The molecule has 0 aliphatic rings. The van der Waals surface area contributed by atoms with Crippen LogP contribution in [0.15, 0.2) is 47.6 Å². The quantitative estimate of drug-likeness (QED) is 0.830. The third kappa shape index (κ3) is 2.83. The first-order valence-corrected chi connectivity index (χ1v) is 6.81. The van der Waals surface area contributed by atoms with E-state index in [1.807, 2.05) is 24.3 Å². The van der Waals surface area contributed by atoms with Gasteiger partial charge in [-0.1, -0.05) is 19.1 Å². The van der Waals surface area contributed by atoms with Crippen molar-refractivity contribution in [3.05, 3.63) is 53.9 Å². The van der Waals surface area contributed by atoms with Crippen molar-refractivity contribution in [2.75, 3.05) is 11.5 Å². The summed E-state index contributed by atoms with van der Waals surface area (Å²) in [5, 5.41) is 10.3. The van der Waals surface area contributed by atoms with Crippen LogP contribution in [-0.4, -0.2) is 15.8 Å². The second kappa shape index (κ2) is 5.89. The maximum absolute atomic E-state index is 10.3. The summed E-state index contributed by atoms with van der Waals surface area (Å²) in [6.07, 6.45) is 2.50. The van der Waals surface area contributed by atoms with E-state index in [0.717, 1.165) is 11.3 Å². The number of hydrogen-bond donors (Lipinski definition) is 2. The highest BCUT2D eigenvalue weighted by Gasteiger charge is 2.13. The van der Waals surface area contributed by atoms with Crippen molar-refractivity contribution in [1.29, 1.82) is 0 Å². The summed E-state index contributed by atoms with van der Waals surface area (Å²) in [7, 11) is 0. The summed E-state index contributed by atoms with van der Waals surface area (Å²) < 4.78 is 0. The second-order valence-corrected chi connectivity index (χ2v) is 5.25. The van der Waals surface area contributed by atoms with Gasteiger partial charge in [-0.15, -0.1) is 11.8 Å². The van der Waals surface area contributed by atoms with E-state index in [4.69, 9.17) is 5.73 Å². The number of pyridine rings is 1. The molecular formula is C14H16N2OS. The number of aromatic nitrogens is 1. The van der Waals surface area contributed by atoms with E-state index in [1.165, 1.54) is 4.90 Å². The molecule has 0 saturated heterocycles. The Hall–Kier alpha value is -1.52. The number of benzene rings is 1. The van der Waals surface area contributed by atoms with Gasteiger partial charge in [0.2, 0.25) is 0 Å². The maximum Gasteiger partial charge on any atom is 0.108 e. The van der Waals surface area contributed by atoms with Crippen LogP contribution in [-0.2, 0) is 0 Å². The summed E-state index contributed by atoms with van der Waals surface area (Å²) >= 11 is 1.78. The lowest BCUT2D eigenvalue weighted by Crippen LogP contribution is -2.04. The third-order valence-corrected chi connectivity index (χ3v) is 3.58. The number of nitrogens with two attached hydrogens (primary N) is 1. The topological polar surface area (TPSA) is 59.1 Å². The molecule has 0 amide bonds. The molecule has 2 aromatic rings. The van der Waals surface area contributed by atoms with Crippen molar-refractivity contribution in [3.8, 4) is 0 Å². The fourth-order valence-corrected chi connectivity index (χ4v) is 2.40. The first kappa shape index (κ1) is 12.9. The molecule has 1 heterocycles. The molecule has 4 heteroatoms. The highest BCUT2D eigenvalue weighted by Crippen LogP contribution is 2.27. The van der Waals surface area contributed by atoms with Crippen LogP contribution in [0, 0.1) is 0 Å². The van der Waals surface area contributed by atoms with E-state index in [0.29, 0.717) is 11.3 Å². The Labute approximate surface area is 111 Å². The molecule has 1 aromatic heterocycles. The van der Waals surface area contributed by atoms with Crippen molar-refractivity contribution < 1.29 is 5.11 Å². The molecule has 0 saturated carbocycles. The van der Waals surface area contributed by atoms with Crippen LogP contribution in [0.4, 0.5) is 5.69 Å². The first-order valence-electron chi connectivity index (χ1n) is 5.82. The lowest BCUT2D eigenvalue weighted by atomic mass is 10.0. The molecule has 2 rings (SSSR count). The first-order chi connectivity index (χ1) is 8.72. The maximum atomic E-state index is 10.3. The van der Waals surface area contributed by atoms with Crippen LogP contribution < -0.4 is 5.73 Å². The van der Waals surface area contributed by atoms with Gasteiger partial charge in [-0.25, -0.2) is 0 Å². The molecule has 0 fully saturated rings. The molecule has 1 unspecified atom stereocenters. The minimum absolute atomic E-state index is 0.560. The standard InChI is InChI=1S/C14H16N2OS/c1-2-18-11-5-3-10(4-6-11)14(17)12-9-16-8-7-13(12)15/h3-9,14,17H,2H2,1H3,(H2,15,16).